The van der Waals surface area contributed by atoms with Gasteiger partial charge in [0.1, 0.15) is 11.9 Å². The van der Waals surface area contributed by atoms with Crippen molar-refractivity contribution in [3.8, 4) is 0 Å². The quantitative estimate of drug-likeness (QED) is 0.226. The second-order valence-electron chi connectivity index (χ2n) is 12.2. The van der Waals surface area contributed by atoms with Gasteiger partial charge >= 0.3 is 0 Å². The predicted octanol–water partition coefficient (Wildman–Crippen LogP) is 4.22. The van der Waals surface area contributed by atoms with Crippen LogP contribution in [-0.4, -0.2) is 57.1 Å². The number of likely N-dealkylation sites (tertiary alicyclic amines) is 1. The smallest absolute Gasteiger partial charge is 0.241 e. The minimum atomic E-state index is -4.16. The Morgan fingerprint density at radius 3 is 2.17 bits per heavy atom. The molecule has 3 rings (SSSR count). The summed E-state index contributed by atoms with van der Waals surface area (Å²) in [6, 6.07) is 9.76. The molecule has 42 heavy (non-hydrogen) atoms. The van der Waals surface area contributed by atoms with Gasteiger partial charge in [0, 0.05) is 25.7 Å². The lowest BCUT2D eigenvalue weighted by molar-refractivity contribution is -0.137. The Kier molecular flexibility index (Phi) is 10.9. The molecular weight excluding hydrogens is 550 g/mol. The second-order valence-corrected chi connectivity index (χ2v) is 13.9. The number of nitrogen functional groups attached to an aromatic ring is 1. The Morgan fingerprint density at radius 1 is 1.02 bits per heavy atom. The van der Waals surface area contributed by atoms with Crippen molar-refractivity contribution >= 4 is 27.7 Å². The Balaban J connectivity index is 2.10. The first-order valence-electron chi connectivity index (χ1n) is 14.8. The lowest BCUT2D eigenvalue weighted by Crippen LogP contribution is -2.53. The van der Waals surface area contributed by atoms with Crippen LogP contribution in [0, 0.1) is 11.3 Å². The highest BCUT2D eigenvalue weighted by Gasteiger charge is 2.36. The summed E-state index contributed by atoms with van der Waals surface area (Å²) in [4.78, 5) is 28.3. The molecule has 230 valence electrons. The van der Waals surface area contributed by atoms with Crippen LogP contribution in [0.5, 0.6) is 0 Å². The van der Waals surface area contributed by atoms with E-state index in [0.29, 0.717) is 30.5 Å². The summed E-state index contributed by atoms with van der Waals surface area (Å²) in [5.74, 6) is -0.884. The molecule has 1 unspecified atom stereocenters. The summed E-state index contributed by atoms with van der Waals surface area (Å²) < 4.78 is 31.5. The molecule has 2 amide bonds. The molecule has 1 heterocycles. The number of hydrogen-bond donors (Lipinski definition) is 4. The van der Waals surface area contributed by atoms with Crippen molar-refractivity contribution < 1.29 is 18.0 Å². The highest BCUT2D eigenvalue weighted by Crippen LogP contribution is 2.35. The van der Waals surface area contributed by atoms with Gasteiger partial charge in [-0.25, -0.2) is 8.42 Å². The fourth-order valence-electron chi connectivity index (χ4n) is 5.54. The standard InChI is InChI=1S/C32H47N5O4S/c1-19(2)25-16-26(20(3)4)29(27(17-25)21(5)6)42(40,41)36-28(15-22-10-8-11-23(14-22)30(33)34)32(39)37-13-9-12-24(18-37)31(38)35-7/h8,10-11,14,16-17,19-21,24,28,36H,9,12-13,15,18H2,1-7H3,(H3,33,34)(H,35,38)/t24?,28-/m0/s1. The molecule has 2 aromatic carbocycles. The third-order valence-electron chi connectivity index (χ3n) is 7.97. The normalized spacial score (nSPS) is 16.6. The molecule has 9 nitrogen and oxygen atoms in total. The van der Waals surface area contributed by atoms with E-state index in [-0.39, 0.29) is 59.2 Å². The van der Waals surface area contributed by atoms with Crippen LogP contribution in [0.25, 0.3) is 0 Å². The molecule has 2 atom stereocenters. The predicted molar refractivity (Wildman–Crippen MR) is 167 cm³/mol. The zero-order valence-electron chi connectivity index (χ0n) is 26.0. The van der Waals surface area contributed by atoms with Crippen molar-refractivity contribution in [1.82, 2.24) is 14.9 Å². The minimum Gasteiger partial charge on any atom is -0.384 e. The van der Waals surface area contributed by atoms with Gasteiger partial charge in [-0.2, -0.15) is 4.72 Å². The molecule has 0 spiro atoms. The van der Waals surface area contributed by atoms with E-state index in [2.05, 4.69) is 23.9 Å². The van der Waals surface area contributed by atoms with Crippen molar-refractivity contribution in [3.05, 3.63) is 64.2 Å². The first kappa shape index (κ1) is 33.3. The van der Waals surface area contributed by atoms with Gasteiger partial charge in [-0.1, -0.05) is 71.9 Å². The summed E-state index contributed by atoms with van der Waals surface area (Å²) in [6.45, 7) is 12.7. The molecule has 0 aromatic heterocycles. The number of carbonyl (C=O) groups is 2. The van der Waals surface area contributed by atoms with Gasteiger partial charge in [-0.05, 0) is 65.3 Å². The van der Waals surface area contributed by atoms with Gasteiger partial charge < -0.3 is 16.0 Å². The summed E-state index contributed by atoms with van der Waals surface area (Å²) in [5.41, 5.74) is 9.39. The van der Waals surface area contributed by atoms with Crippen LogP contribution in [0.1, 0.15) is 100.0 Å². The monoisotopic (exact) mass is 597 g/mol. The van der Waals surface area contributed by atoms with Gasteiger partial charge in [0.15, 0.2) is 0 Å². The molecule has 0 radical (unpaired) electrons. The number of nitrogens with one attached hydrogen (secondary N) is 3. The number of rotatable bonds is 11. The van der Waals surface area contributed by atoms with Crippen LogP contribution < -0.4 is 15.8 Å². The van der Waals surface area contributed by atoms with Gasteiger partial charge in [0.05, 0.1) is 10.8 Å². The Morgan fingerprint density at radius 2 is 1.64 bits per heavy atom. The number of carbonyl (C=O) groups excluding carboxylic acids is 2. The van der Waals surface area contributed by atoms with Gasteiger partial charge in [0.25, 0.3) is 0 Å². The molecule has 10 heteroatoms. The van der Waals surface area contributed by atoms with Crippen LogP contribution in [-0.2, 0) is 26.0 Å². The van der Waals surface area contributed by atoms with E-state index in [0.717, 1.165) is 16.7 Å². The molecule has 2 aromatic rings. The lowest BCUT2D eigenvalue weighted by atomic mass is 9.89. The number of benzene rings is 2. The number of piperidine rings is 1. The minimum absolute atomic E-state index is 0.0652. The third kappa shape index (κ3) is 7.77. The topological polar surface area (TPSA) is 145 Å². The van der Waals surface area contributed by atoms with E-state index in [1.165, 1.54) is 0 Å². The zero-order valence-corrected chi connectivity index (χ0v) is 26.8. The molecule has 1 saturated heterocycles. The molecule has 5 N–H and O–H groups in total. The number of amidine groups is 1. The summed E-state index contributed by atoms with van der Waals surface area (Å²) in [6.07, 6.45) is 1.38. The molecule has 1 aliphatic heterocycles. The van der Waals surface area contributed by atoms with Crippen LogP contribution >= 0.6 is 0 Å². The molecule has 1 fully saturated rings. The molecule has 0 saturated carbocycles. The Labute approximate surface area is 251 Å². The van der Waals surface area contributed by atoms with Gasteiger partial charge in [0.2, 0.25) is 21.8 Å². The maximum absolute atomic E-state index is 14.3. The average molecular weight is 598 g/mol. The van der Waals surface area contributed by atoms with E-state index in [1.807, 2.05) is 39.8 Å². The lowest BCUT2D eigenvalue weighted by Gasteiger charge is -2.34. The fourth-order valence-corrected chi connectivity index (χ4v) is 7.43. The van der Waals surface area contributed by atoms with E-state index in [9.17, 15) is 18.0 Å². The van der Waals surface area contributed by atoms with Gasteiger partial charge in [-0.3, -0.25) is 15.0 Å². The van der Waals surface area contributed by atoms with Crippen LogP contribution in [0.15, 0.2) is 41.3 Å². The molecular formula is C32H47N5O4S. The van der Waals surface area contributed by atoms with Crippen LogP contribution in [0.4, 0.5) is 0 Å². The van der Waals surface area contributed by atoms with Gasteiger partial charge in [-0.15, -0.1) is 0 Å². The molecule has 1 aliphatic rings. The summed E-state index contributed by atoms with van der Waals surface area (Å²) >= 11 is 0. The summed E-state index contributed by atoms with van der Waals surface area (Å²) in [5, 5.41) is 10.5. The SMILES string of the molecule is CNC(=O)C1CCCN(C(=O)[C@H](Cc2cccc(C(=N)N)c2)NS(=O)(=O)c2c(C(C)C)cc(C(C)C)cc2C(C)C)C1. The maximum atomic E-state index is 14.3. The van der Waals surface area contributed by atoms with Crippen LogP contribution in [0.3, 0.4) is 0 Å². The average Bonchev–Trinajstić information content (AvgIpc) is 2.95. The largest absolute Gasteiger partial charge is 0.384 e. The third-order valence-corrected chi connectivity index (χ3v) is 9.58. The molecule has 0 bridgehead atoms. The first-order valence-corrected chi connectivity index (χ1v) is 16.3. The van der Waals surface area contributed by atoms with Crippen molar-refractivity contribution in [2.45, 2.75) is 89.5 Å². The first-order chi connectivity index (χ1) is 19.7. The van der Waals surface area contributed by atoms with E-state index in [1.54, 1.807) is 36.2 Å². The second kappa shape index (κ2) is 13.8. The highest BCUT2D eigenvalue weighted by atomic mass is 32.2. The Bertz CT molecular complexity index is 1390. The summed E-state index contributed by atoms with van der Waals surface area (Å²) in [7, 11) is -2.59. The number of nitrogens with zero attached hydrogens (tertiary/aromatic N) is 1. The number of hydrogen-bond acceptors (Lipinski definition) is 5. The van der Waals surface area contributed by atoms with Crippen molar-refractivity contribution in [1.29, 1.82) is 5.41 Å². The van der Waals surface area contributed by atoms with E-state index >= 15 is 0 Å². The fraction of sp³-hybridized carbons (Fsp3) is 0.531. The number of sulfonamides is 1. The maximum Gasteiger partial charge on any atom is 0.241 e. The van der Waals surface area contributed by atoms with E-state index < -0.39 is 16.1 Å². The zero-order chi connectivity index (χ0) is 31.4. The van der Waals surface area contributed by atoms with Crippen LogP contribution in [0.2, 0.25) is 0 Å². The van der Waals surface area contributed by atoms with Crippen molar-refractivity contribution in [2.75, 3.05) is 20.1 Å². The number of amides is 2. The van der Waals surface area contributed by atoms with E-state index in [4.69, 9.17) is 11.1 Å². The Hall–Kier alpha value is -3.24. The van der Waals surface area contributed by atoms with Crippen molar-refractivity contribution in [2.24, 2.45) is 11.7 Å². The number of nitrogens with two attached hydrogens (primary N) is 1. The molecule has 0 aliphatic carbocycles. The highest BCUT2D eigenvalue weighted by molar-refractivity contribution is 7.89. The van der Waals surface area contributed by atoms with Crippen molar-refractivity contribution in [3.63, 3.8) is 0 Å².